The minimum Gasteiger partial charge on any atom is -0.452 e. The average Bonchev–Trinajstić information content (AvgIpc) is 2.37. The van der Waals surface area contributed by atoms with Gasteiger partial charge in [-0.25, -0.2) is 13.6 Å². The van der Waals surface area contributed by atoms with Crippen molar-refractivity contribution in [2.24, 2.45) is 0 Å². The molecule has 104 valence electrons. The molecule has 1 rings (SSSR count). The molecule has 0 aliphatic rings. The quantitative estimate of drug-likeness (QED) is 0.624. The molecule has 0 fully saturated rings. The second-order valence-electron chi connectivity index (χ2n) is 3.78. The van der Waals surface area contributed by atoms with E-state index in [1.807, 2.05) is 6.92 Å². The number of carbonyl (C=O) groups excluding carboxylic acids is 2. The number of nitrogen functional groups attached to an aromatic ring is 1. The molecular weight excluding hydrogens is 258 g/mol. The molecule has 1 aromatic carbocycles. The number of ether oxygens (including phenoxy) is 1. The Balaban J connectivity index is 2.64. The summed E-state index contributed by atoms with van der Waals surface area (Å²) in [6.07, 6.45) is 0.734. The van der Waals surface area contributed by atoms with Crippen LogP contribution in [-0.2, 0) is 9.53 Å². The molecule has 0 radical (unpaired) electrons. The number of esters is 1. The summed E-state index contributed by atoms with van der Waals surface area (Å²) >= 11 is 0. The van der Waals surface area contributed by atoms with Gasteiger partial charge in [0.1, 0.15) is 11.6 Å². The molecule has 1 amide bonds. The monoisotopic (exact) mass is 272 g/mol. The molecule has 3 N–H and O–H groups in total. The Morgan fingerprint density at radius 3 is 2.63 bits per heavy atom. The maximum Gasteiger partial charge on any atom is 0.341 e. The van der Waals surface area contributed by atoms with Gasteiger partial charge >= 0.3 is 5.97 Å². The van der Waals surface area contributed by atoms with Crippen LogP contribution in [0.15, 0.2) is 12.1 Å². The summed E-state index contributed by atoms with van der Waals surface area (Å²) in [6.45, 7) is 1.75. The maximum atomic E-state index is 13.4. The van der Waals surface area contributed by atoms with Crippen LogP contribution in [0.3, 0.4) is 0 Å². The van der Waals surface area contributed by atoms with E-state index in [0.29, 0.717) is 18.7 Å². The highest BCUT2D eigenvalue weighted by molar-refractivity contribution is 5.92. The van der Waals surface area contributed by atoms with Crippen LogP contribution in [0, 0.1) is 11.6 Å². The van der Waals surface area contributed by atoms with Gasteiger partial charge in [0.2, 0.25) is 0 Å². The van der Waals surface area contributed by atoms with Gasteiger partial charge in [0.05, 0.1) is 11.3 Å². The van der Waals surface area contributed by atoms with E-state index in [0.717, 1.165) is 6.42 Å². The van der Waals surface area contributed by atoms with Gasteiger partial charge in [-0.1, -0.05) is 6.92 Å². The van der Waals surface area contributed by atoms with Gasteiger partial charge < -0.3 is 15.8 Å². The second kappa shape index (κ2) is 6.67. The summed E-state index contributed by atoms with van der Waals surface area (Å²) < 4.78 is 31.0. The Hall–Kier alpha value is -2.18. The lowest BCUT2D eigenvalue weighted by molar-refractivity contribution is -0.124. The normalized spacial score (nSPS) is 10.1. The fourth-order valence-electron chi connectivity index (χ4n) is 1.24. The van der Waals surface area contributed by atoms with Crippen molar-refractivity contribution >= 4 is 17.6 Å². The highest BCUT2D eigenvalue weighted by Gasteiger charge is 2.17. The minimum absolute atomic E-state index is 0.408. The van der Waals surface area contributed by atoms with Crippen LogP contribution >= 0.6 is 0 Å². The summed E-state index contributed by atoms with van der Waals surface area (Å²) in [5.74, 6) is -3.56. The smallest absolute Gasteiger partial charge is 0.341 e. The van der Waals surface area contributed by atoms with E-state index in [1.165, 1.54) is 0 Å². The van der Waals surface area contributed by atoms with Crippen molar-refractivity contribution < 1.29 is 23.1 Å². The van der Waals surface area contributed by atoms with Gasteiger partial charge in [-0.15, -0.1) is 0 Å². The molecule has 1 aromatic rings. The molecule has 0 spiro atoms. The summed E-state index contributed by atoms with van der Waals surface area (Å²) in [5, 5.41) is 2.47. The molecule has 0 bridgehead atoms. The molecule has 7 heteroatoms. The Morgan fingerprint density at radius 2 is 2.00 bits per heavy atom. The second-order valence-corrected chi connectivity index (χ2v) is 3.78. The van der Waals surface area contributed by atoms with Crippen LogP contribution in [0.2, 0.25) is 0 Å². The topological polar surface area (TPSA) is 81.4 Å². The Labute approximate surface area is 108 Å². The first-order valence-corrected chi connectivity index (χ1v) is 5.64. The molecule has 0 aliphatic heterocycles. The molecule has 0 saturated heterocycles. The van der Waals surface area contributed by atoms with Crippen molar-refractivity contribution in [3.05, 3.63) is 29.3 Å². The van der Waals surface area contributed by atoms with E-state index in [4.69, 9.17) is 5.73 Å². The largest absolute Gasteiger partial charge is 0.452 e. The third-order valence-electron chi connectivity index (χ3n) is 2.21. The van der Waals surface area contributed by atoms with Gasteiger partial charge in [-0.3, -0.25) is 4.79 Å². The molecule has 0 aromatic heterocycles. The van der Waals surface area contributed by atoms with Crippen LogP contribution in [0.4, 0.5) is 14.5 Å². The summed E-state index contributed by atoms with van der Waals surface area (Å²) in [5.41, 5.74) is 4.13. The van der Waals surface area contributed by atoms with Gasteiger partial charge in [0.15, 0.2) is 6.61 Å². The summed E-state index contributed by atoms with van der Waals surface area (Å²) in [4.78, 5) is 22.6. The zero-order valence-corrected chi connectivity index (χ0v) is 10.3. The van der Waals surface area contributed by atoms with E-state index in [9.17, 15) is 18.4 Å². The molecule has 5 nitrogen and oxygen atoms in total. The zero-order chi connectivity index (χ0) is 14.4. The van der Waals surface area contributed by atoms with Crippen molar-refractivity contribution in [3.8, 4) is 0 Å². The standard InChI is InChI=1S/C12H14F2N2O3/c1-2-3-16-11(17)6-19-12(18)7-4-9(14)10(15)5-8(7)13/h4-5H,2-3,6,15H2,1H3,(H,16,17). The number of nitrogens with two attached hydrogens (primary N) is 1. The summed E-state index contributed by atoms with van der Waals surface area (Å²) in [6, 6.07) is 1.32. The Morgan fingerprint density at radius 1 is 1.32 bits per heavy atom. The van der Waals surface area contributed by atoms with E-state index >= 15 is 0 Å². The first-order chi connectivity index (χ1) is 8.95. The van der Waals surface area contributed by atoms with Crippen molar-refractivity contribution in [1.29, 1.82) is 0 Å². The predicted molar refractivity (Wildman–Crippen MR) is 64.4 cm³/mol. The predicted octanol–water partition coefficient (Wildman–Crippen LogP) is 1.23. The Bertz CT molecular complexity index is 492. The molecule has 0 aliphatic carbocycles. The maximum absolute atomic E-state index is 13.4. The number of anilines is 1. The fraction of sp³-hybridized carbons (Fsp3) is 0.333. The van der Waals surface area contributed by atoms with Gasteiger partial charge in [0.25, 0.3) is 5.91 Å². The van der Waals surface area contributed by atoms with Crippen molar-refractivity contribution in [2.75, 3.05) is 18.9 Å². The van der Waals surface area contributed by atoms with E-state index in [-0.39, 0.29) is 0 Å². The van der Waals surface area contributed by atoms with Crippen LogP contribution < -0.4 is 11.1 Å². The lowest BCUT2D eigenvalue weighted by Gasteiger charge is -2.07. The van der Waals surface area contributed by atoms with Crippen LogP contribution in [-0.4, -0.2) is 25.0 Å². The lowest BCUT2D eigenvalue weighted by Crippen LogP contribution is -2.29. The van der Waals surface area contributed by atoms with Crippen molar-refractivity contribution in [3.63, 3.8) is 0 Å². The third kappa shape index (κ3) is 4.20. The number of amides is 1. The molecule has 0 unspecified atom stereocenters. The Kier molecular flexibility index (Phi) is 5.23. The van der Waals surface area contributed by atoms with Gasteiger partial charge in [-0.2, -0.15) is 0 Å². The molecule has 0 saturated carbocycles. The first-order valence-electron chi connectivity index (χ1n) is 5.64. The third-order valence-corrected chi connectivity index (χ3v) is 2.21. The lowest BCUT2D eigenvalue weighted by atomic mass is 10.2. The number of rotatable bonds is 5. The van der Waals surface area contributed by atoms with Crippen LogP contribution in [0.5, 0.6) is 0 Å². The van der Waals surface area contributed by atoms with Crippen LogP contribution in [0.1, 0.15) is 23.7 Å². The number of hydrogen-bond donors (Lipinski definition) is 2. The van der Waals surface area contributed by atoms with Gasteiger partial charge in [-0.05, 0) is 12.5 Å². The fourth-order valence-corrected chi connectivity index (χ4v) is 1.24. The van der Waals surface area contributed by atoms with Gasteiger partial charge in [0, 0.05) is 12.6 Å². The van der Waals surface area contributed by atoms with E-state index in [2.05, 4.69) is 10.1 Å². The first kappa shape index (κ1) is 14.9. The van der Waals surface area contributed by atoms with Crippen LogP contribution in [0.25, 0.3) is 0 Å². The highest BCUT2D eigenvalue weighted by atomic mass is 19.1. The number of hydrogen-bond acceptors (Lipinski definition) is 4. The van der Waals surface area contributed by atoms with E-state index in [1.54, 1.807) is 0 Å². The number of halogens is 2. The SMILES string of the molecule is CCCNC(=O)COC(=O)c1cc(F)c(N)cc1F. The highest BCUT2D eigenvalue weighted by Crippen LogP contribution is 2.17. The number of benzene rings is 1. The molecular formula is C12H14F2N2O3. The van der Waals surface area contributed by atoms with E-state index < -0.39 is 41.4 Å². The number of nitrogens with one attached hydrogen (secondary N) is 1. The molecule has 19 heavy (non-hydrogen) atoms. The zero-order valence-electron chi connectivity index (χ0n) is 10.3. The van der Waals surface area contributed by atoms with Crippen molar-refractivity contribution in [1.82, 2.24) is 5.32 Å². The average molecular weight is 272 g/mol. The minimum atomic E-state index is -1.12. The van der Waals surface area contributed by atoms with Crippen molar-refractivity contribution in [2.45, 2.75) is 13.3 Å². The summed E-state index contributed by atoms with van der Waals surface area (Å²) in [7, 11) is 0. The molecule has 0 atom stereocenters. The number of carbonyl (C=O) groups is 2. The molecule has 0 heterocycles.